The maximum atomic E-state index is 14.1. The van der Waals surface area contributed by atoms with E-state index in [1.54, 1.807) is 4.90 Å². The number of anilines is 1. The molecule has 0 fully saturated rings. The van der Waals surface area contributed by atoms with Gasteiger partial charge in [-0.3, -0.25) is 14.9 Å². The van der Waals surface area contributed by atoms with Gasteiger partial charge in [-0.25, -0.2) is 0 Å². The van der Waals surface area contributed by atoms with Gasteiger partial charge in [0.1, 0.15) is 31.0 Å². The van der Waals surface area contributed by atoms with E-state index >= 15 is 0 Å². The molecule has 0 saturated carbocycles. The Labute approximate surface area is 241 Å². The molecule has 0 aliphatic carbocycles. The third-order valence-electron chi connectivity index (χ3n) is 7.31. The Morgan fingerprint density at radius 1 is 0.854 bits per heavy atom. The molecule has 0 bridgehead atoms. The molecule has 4 aromatic rings. The van der Waals surface area contributed by atoms with Crippen LogP contribution in [0.1, 0.15) is 42.0 Å². The molecule has 4 aromatic carbocycles. The zero-order valence-electron chi connectivity index (χ0n) is 23.5. The van der Waals surface area contributed by atoms with Crippen molar-refractivity contribution >= 4 is 17.6 Å². The number of carbonyl (C=O) groups excluding carboxylic acids is 2. The van der Waals surface area contributed by atoms with E-state index < -0.39 is 18.1 Å². The van der Waals surface area contributed by atoms with Crippen LogP contribution >= 0.6 is 0 Å². The first kappa shape index (κ1) is 28.1. The lowest BCUT2D eigenvalue weighted by molar-refractivity contribution is -0.148. The molecule has 6 heteroatoms. The average molecular weight is 549 g/mol. The first-order valence-electron chi connectivity index (χ1n) is 14.1. The minimum Gasteiger partial charge on any atom is -0.489 e. The number of fused-ring (bicyclic) bond motifs is 1. The first-order chi connectivity index (χ1) is 20.0. The minimum absolute atomic E-state index is 0.0931. The second kappa shape index (κ2) is 13.3. The number of amides is 1. The van der Waals surface area contributed by atoms with Gasteiger partial charge in [0.25, 0.3) is 0 Å². The second-order valence-corrected chi connectivity index (χ2v) is 10.7. The van der Waals surface area contributed by atoms with E-state index in [1.807, 2.05) is 84.9 Å². The smallest absolute Gasteiger partial charge is 0.323 e. The fraction of sp³-hybridized carbons (Fsp3) is 0.257. The predicted molar refractivity (Wildman–Crippen MR) is 161 cm³/mol. The van der Waals surface area contributed by atoms with E-state index in [9.17, 15) is 9.59 Å². The fourth-order valence-corrected chi connectivity index (χ4v) is 4.96. The van der Waals surface area contributed by atoms with Gasteiger partial charge in [-0.15, -0.1) is 0 Å². The van der Waals surface area contributed by atoms with Crippen LogP contribution in [0.4, 0.5) is 5.69 Å². The lowest BCUT2D eigenvalue weighted by Crippen LogP contribution is -2.54. The molecule has 1 aliphatic heterocycles. The van der Waals surface area contributed by atoms with Crippen molar-refractivity contribution in [2.45, 2.75) is 51.4 Å². The SMILES string of the molecule is CC(C)c1ccc(CN2C(=O)[C@@H](N[C@@H](Cc3ccccc3)C(=O)OCc3ccccc3)COc3ccccc32)cc1. The summed E-state index contributed by atoms with van der Waals surface area (Å²) >= 11 is 0. The monoisotopic (exact) mass is 548 g/mol. The van der Waals surface area contributed by atoms with E-state index in [-0.39, 0.29) is 19.1 Å². The van der Waals surface area contributed by atoms with E-state index in [2.05, 4.69) is 43.4 Å². The molecule has 0 aromatic heterocycles. The Bertz CT molecular complexity index is 1440. The molecule has 5 rings (SSSR count). The first-order valence-corrected chi connectivity index (χ1v) is 14.1. The highest BCUT2D eigenvalue weighted by Crippen LogP contribution is 2.32. The van der Waals surface area contributed by atoms with E-state index in [0.29, 0.717) is 30.3 Å². The Kier molecular flexibility index (Phi) is 9.12. The average Bonchev–Trinajstić information content (AvgIpc) is 3.13. The number of benzene rings is 4. The Balaban J connectivity index is 1.38. The van der Waals surface area contributed by atoms with Gasteiger partial charge in [0.15, 0.2) is 0 Å². The molecule has 1 N–H and O–H groups in total. The molecule has 0 spiro atoms. The predicted octanol–water partition coefficient (Wildman–Crippen LogP) is 6.05. The quantitative estimate of drug-likeness (QED) is 0.245. The van der Waals surface area contributed by atoms with Crippen LogP contribution in [-0.4, -0.2) is 30.6 Å². The summed E-state index contributed by atoms with van der Waals surface area (Å²) in [4.78, 5) is 29.3. The number of para-hydroxylation sites is 2. The van der Waals surface area contributed by atoms with Gasteiger partial charge in [0.05, 0.1) is 12.2 Å². The zero-order valence-corrected chi connectivity index (χ0v) is 23.5. The van der Waals surface area contributed by atoms with Gasteiger partial charge in [0, 0.05) is 0 Å². The van der Waals surface area contributed by atoms with Crippen LogP contribution in [-0.2, 0) is 33.9 Å². The number of nitrogens with one attached hydrogen (secondary N) is 1. The molecule has 2 atom stereocenters. The van der Waals surface area contributed by atoms with Gasteiger partial charge in [-0.1, -0.05) is 111 Å². The standard InChI is InChI=1S/C35H36N2O4/c1-25(2)29-19-17-27(18-20-29)22-37-32-15-9-10-16-33(32)40-24-31(34(37)38)36-30(21-26-11-5-3-6-12-26)35(39)41-23-28-13-7-4-8-14-28/h3-20,25,30-31,36H,21-24H2,1-2H3/t30-,31-/m0/s1. The molecular weight excluding hydrogens is 512 g/mol. The van der Waals surface area contributed by atoms with Gasteiger partial charge >= 0.3 is 5.97 Å². The lowest BCUT2D eigenvalue weighted by Gasteiger charge is -2.27. The summed E-state index contributed by atoms with van der Waals surface area (Å²) < 4.78 is 11.9. The Hall–Kier alpha value is -4.42. The number of rotatable bonds is 10. The number of hydrogen-bond donors (Lipinski definition) is 1. The van der Waals surface area contributed by atoms with Crippen LogP contribution in [0, 0.1) is 0 Å². The summed E-state index contributed by atoms with van der Waals surface area (Å²) in [5.74, 6) is 0.491. The summed E-state index contributed by atoms with van der Waals surface area (Å²) in [5.41, 5.74) is 4.84. The molecule has 1 amide bonds. The van der Waals surface area contributed by atoms with Crippen molar-refractivity contribution in [1.82, 2.24) is 5.32 Å². The van der Waals surface area contributed by atoms with Crippen molar-refractivity contribution in [3.05, 3.63) is 131 Å². The van der Waals surface area contributed by atoms with Crippen LogP contribution < -0.4 is 15.0 Å². The summed E-state index contributed by atoms with van der Waals surface area (Å²) in [7, 11) is 0. The number of nitrogens with zero attached hydrogens (tertiary/aromatic N) is 1. The van der Waals surface area contributed by atoms with Gasteiger partial charge in [0.2, 0.25) is 5.91 Å². The maximum Gasteiger partial charge on any atom is 0.323 e. The van der Waals surface area contributed by atoms with E-state index in [4.69, 9.17) is 9.47 Å². The Morgan fingerprint density at radius 2 is 1.49 bits per heavy atom. The highest BCUT2D eigenvalue weighted by molar-refractivity contribution is 5.99. The van der Waals surface area contributed by atoms with Crippen LogP contribution in [0.25, 0.3) is 0 Å². The normalized spacial score (nSPS) is 15.5. The van der Waals surface area contributed by atoms with Crippen molar-refractivity contribution in [2.24, 2.45) is 0 Å². The van der Waals surface area contributed by atoms with Crippen LogP contribution in [0.3, 0.4) is 0 Å². The number of carbonyl (C=O) groups is 2. The molecule has 0 unspecified atom stereocenters. The van der Waals surface area contributed by atoms with Crippen molar-refractivity contribution in [3.8, 4) is 5.75 Å². The number of ether oxygens (including phenoxy) is 2. The largest absolute Gasteiger partial charge is 0.489 e. The highest BCUT2D eigenvalue weighted by atomic mass is 16.5. The molecule has 0 radical (unpaired) electrons. The highest BCUT2D eigenvalue weighted by Gasteiger charge is 2.35. The van der Waals surface area contributed by atoms with Crippen LogP contribution in [0.5, 0.6) is 5.75 Å². The molecule has 210 valence electrons. The van der Waals surface area contributed by atoms with Crippen LogP contribution in [0.15, 0.2) is 109 Å². The summed E-state index contributed by atoms with van der Waals surface area (Å²) in [6.45, 7) is 4.96. The van der Waals surface area contributed by atoms with E-state index in [1.165, 1.54) is 5.56 Å². The Morgan fingerprint density at radius 3 is 2.17 bits per heavy atom. The summed E-state index contributed by atoms with van der Waals surface area (Å²) in [5, 5.41) is 3.31. The fourth-order valence-electron chi connectivity index (χ4n) is 4.96. The van der Waals surface area contributed by atoms with Crippen molar-refractivity contribution in [2.75, 3.05) is 11.5 Å². The van der Waals surface area contributed by atoms with Crippen molar-refractivity contribution < 1.29 is 19.1 Å². The topological polar surface area (TPSA) is 67.9 Å². The third kappa shape index (κ3) is 7.21. The number of hydrogen-bond acceptors (Lipinski definition) is 5. The maximum absolute atomic E-state index is 14.1. The summed E-state index contributed by atoms with van der Waals surface area (Å²) in [6.07, 6.45) is 0.377. The van der Waals surface area contributed by atoms with Gasteiger partial charge in [-0.2, -0.15) is 0 Å². The lowest BCUT2D eigenvalue weighted by atomic mass is 10.0. The number of esters is 1. The molecule has 1 aliphatic rings. The van der Waals surface area contributed by atoms with Gasteiger partial charge < -0.3 is 14.4 Å². The van der Waals surface area contributed by atoms with Crippen LogP contribution in [0.2, 0.25) is 0 Å². The zero-order chi connectivity index (χ0) is 28.6. The molecule has 1 heterocycles. The molecule has 0 saturated heterocycles. The third-order valence-corrected chi connectivity index (χ3v) is 7.31. The summed E-state index contributed by atoms with van der Waals surface area (Å²) in [6, 6.07) is 33.7. The second-order valence-electron chi connectivity index (χ2n) is 10.7. The molecule has 6 nitrogen and oxygen atoms in total. The van der Waals surface area contributed by atoms with Gasteiger partial charge in [-0.05, 0) is 46.7 Å². The molecular formula is C35H36N2O4. The van der Waals surface area contributed by atoms with E-state index in [0.717, 1.165) is 16.7 Å². The molecule has 41 heavy (non-hydrogen) atoms. The minimum atomic E-state index is -0.754. The van der Waals surface area contributed by atoms with Crippen molar-refractivity contribution in [3.63, 3.8) is 0 Å². The van der Waals surface area contributed by atoms with Crippen molar-refractivity contribution in [1.29, 1.82) is 0 Å².